The number of thiophene rings is 1. The lowest BCUT2D eigenvalue weighted by Gasteiger charge is -2.18. The van der Waals surface area contributed by atoms with Gasteiger partial charge >= 0.3 is 0 Å². The fourth-order valence-electron chi connectivity index (χ4n) is 2.71. The minimum Gasteiger partial charge on any atom is -0.497 e. The molecule has 6 heteroatoms. The third-order valence-corrected chi connectivity index (χ3v) is 5.12. The van der Waals surface area contributed by atoms with Gasteiger partial charge in [0.1, 0.15) is 19.0 Å². The predicted octanol–water partition coefficient (Wildman–Crippen LogP) is 4.45. The average Bonchev–Trinajstić information content (AvgIpc) is 3.18. The van der Waals surface area contributed by atoms with Gasteiger partial charge in [-0.3, -0.25) is 4.79 Å². The minimum atomic E-state index is -0.146. The fraction of sp³-hybridized carbons (Fsp3) is 0.150. The van der Waals surface area contributed by atoms with Gasteiger partial charge in [0, 0.05) is 16.6 Å². The molecule has 0 spiro atoms. The van der Waals surface area contributed by atoms with Crippen LogP contribution in [-0.2, 0) is 0 Å². The molecule has 1 aliphatic heterocycles. The van der Waals surface area contributed by atoms with Crippen LogP contribution in [-0.4, -0.2) is 26.2 Å². The van der Waals surface area contributed by atoms with Crippen LogP contribution < -0.4 is 19.5 Å². The van der Waals surface area contributed by atoms with Gasteiger partial charge in [-0.25, -0.2) is 0 Å². The summed E-state index contributed by atoms with van der Waals surface area (Å²) in [5.41, 5.74) is 1.70. The van der Waals surface area contributed by atoms with Gasteiger partial charge in [-0.2, -0.15) is 0 Å². The standard InChI is InChI=1S/C20H17NO4S/c1-23-15-4-2-3-14(12-15)21-20(22)19-8-7-18(26-19)13-5-6-16-17(11-13)25-10-9-24-16/h2-8,11-12H,9-10H2,1H3,(H,21,22). The van der Waals surface area contributed by atoms with E-state index in [0.717, 1.165) is 21.9 Å². The first-order valence-electron chi connectivity index (χ1n) is 8.18. The summed E-state index contributed by atoms with van der Waals surface area (Å²) in [6.45, 7) is 1.12. The number of amides is 1. The molecule has 0 aliphatic carbocycles. The highest BCUT2D eigenvalue weighted by Crippen LogP contribution is 2.37. The van der Waals surface area contributed by atoms with Crippen molar-refractivity contribution in [1.29, 1.82) is 0 Å². The third-order valence-electron chi connectivity index (χ3n) is 3.98. The molecule has 0 saturated carbocycles. The molecule has 0 saturated heterocycles. The van der Waals surface area contributed by atoms with E-state index in [9.17, 15) is 4.79 Å². The van der Waals surface area contributed by atoms with Crippen molar-refractivity contribution in [2.75, 3.05) is 25.6 Å². The largest absolute Gasteiger partial charge is 0.497 e. The molecular formula is C20H17NO4S. The molecule has 1 aromatic heterocycles. The van der Waals surface area contributed by atoms with Crippen LogP contribution in [0, 0.1) is 0 Å². The minimum absolute atomic E-state index is 0.146. The number of benzene rings is 2. The second-order valence-corrected chi connectivity index (χ2v) is 6.79. The third kappa shape index (κ3) is 3.36. The normalized spacial score (nSPS) is 12.5. The zero-order valence-electron chi connectivity index (χ0n) is 14.2. The molecule has 1 aliphatic rings. The Morgan fingerprint density at radius 2 is 1.88 bits per heavy atom. The van der Waals surface area contributed by atoms with Crippen molar-refractivity contribution < 1.29 is 19.0 Å². The SMILES string of the molecule is COc1cccc(NC(=O)c2ccc(-c3ccc4c(c3)OCCO4)s2)c1. The summed E-state index contributed by atoms with van der Waals surface area (Å²) in [5.74, 6) is 2.05. The number of nitrogens with one attached hydrogen (secondary N) is 1. The first-order valence-corrected chi connectivity index (χ1v) is 9.00. The smallest absolute Gasteiger partial charge is 0.265 e. The van der Waals surface area contributed by atoms with Gasteiger partial charge in [-0.15, -0.1) is 11.3 Å². The van der Waals surface area contributed by atoms with Crippen molar-refractivity contribution in [3.8, 4) is 27.7 Å². The molecule has 2 aromatic carbocycles. The van der Waals surface area contributed by atoms with Crippen LogP contribution in [0.4, 0.5) is 5.69 Å². The second kappa shape index (κ2) is 7.09. The molecule has 3 aromatic rings. The summed E-state index contributed by atoms with van der Waals surface area (Å²) < 4.78 is 16.4. The van der Waals surface area contributed by atoms with Crippen LogP contribution in [0.1, 0.15) is 9.67 Å². The van der Waals surface area contributed by atoms with E-state index in [4.69, 9.17) is 14.2 Å². The Morgan fingerprint density at radius 1 is 1.04 bits per heavy atom. The Hall–Kier alpha value is -2.99. The maximum absolute atomic E-state index is 12.5. The van der Waals surface area contributed by atoms with Gasteiger partial charge in [0.2, 0.25) is 0 Å². The number of carbonyl (C=O) groups excluding carboxylic acids is 1. The van der Waals surface area contributed by atoms with Gasteiger partial charge in [-0.05, 0) is 48.0 Å². The van der Waals surface area contributed by atoms with Gasteiger partial charge in [0.05, 0.1) is 12.0 Å². The molecule has 0 fully saturated rings. The zero-order valence-corrected chi connectivity index (χ0v) is 15.0. The molecule has 0 unspecified atom stereocenters. The highest BCUT2D eigenvalue weighted by Gasteiger charge is 2.15. The topological polar surface area (TPSA) is 56.8 Å². The molecule has 1 N–H and O–H groups in total. The number of fused-ring (bicyclic) bond motifs is 1. The summed E-state index contributed by atoms with van der Waals surface area (Å²) in [6.07, 6.45) is 0. The summed E-state index contributed by atoms with van der Waals surface area (Å²) >= 11 is 1.43. The van der Waals surface area contributed by atoms with Crippen molar-refractivity contribution in [3.05, 3.63) is 59.5 Å². The maximum atomic E-state index is 12.5. The van der Waals surface area contributed by atoms with Crippen LogP contribution in [0.15, 0.2) is 54.6 Å². The van der Waals surface area contributed by atoms with Gasteiger partial charge in [-0.1, -0.05) is 6.07 Å². The first-order chi connectivity index (χ1) is 12.7. The lowest BCUT2D eigenvalue weighted by atomic mass is 10.1. The number of anilines is 1. The van der Waals surface area contributed by atoms with Crippen LogP contribution in [0.3, 0.4) is 0 Å². The van der Waals surface area contributed by atoms with Crippen molar-refractivity contribution in [2.24, 2.45) is 0 Å². The number of ether oxygens (including phenoxy) is 3. The molecule has 2 heterocycles. The molecule has 0 atom stereocenters. The van der Waals surface area contributed by atoms with Crippen molar-refractivity contribution in [1.82, 2.24) is 0 Å². The Labute approximate surface area is 155 Å². The molecule has 26 heavy (non-hydrogen) atoms. The quantitative estimate of drug-likeness (QED) is 0.740. The molecule has 0 radical (unpaired) electrons. The van der Waals surface area contributed by atoms with Crippen molar-refractivity contribution >= 4 is 22.9 Å². The van der Waals surface area contributed by atoms with E-state index in [1.54, 1.807) is 13.2 Å². The molecular weight excluding hydrogens is 350 g/mol. The fourth-order valence-corrected chi connectivity index (χ4v) is 3.60. The Balaban J connectivity index is 1.53. The molecule has 5 nitrogen and oxygen atoms in total. The van der Waals surface area contributed by atoms with Crippen LogP contribution >= 0.6 is 11.3 Å². The summed E-state index contributed by atoms with van der Waals surface area (Å²) in [7, 11) is 1.60. The summed E-state index contributed by atoms with van der Waals surface area (Å²) in [6, 6.07) is 16.9. The number of methoxy groups -OCH3 is 1. The number of rotatable bonds is 4. The molecule has 4 rings (SSSR count). The lowest BCUT2D eigenvalue weighted by molar-refractivity contribution is 0.103. The lowest BCUT2D eigenvalue weighted by Crippen LogP contribution is -2.15. The van der Waals surface area contributed by atoms with Crippen molar-refractivity contribution in [2.45, 2.75) is 0 Å². The molecule has 132 valence electrons. The Kier molecular flexibility index (Phi) is 4.50. The van der Waals surface area contributed by atoms with Crippen LogP contribution in [0.5, 0.6) is 17.2 Å². The van der Waals surface area contributed by atoms with E-state index >= 15 is 0 Å². The van der Waals surface area contributed by atoms with E-state index in [-0.39, 0.29) is 5.91 Å². The van der Waals surface area contributed by atoms with E-state index in [2.05, 4.69) is 5.32 Å². The van der Waals surface area contributed by atoms with E-state index in [0.29, 0.717) is 29.5 Å². The van der Waals surface area contributed by atoms with E-state index in [1.165, 1.54) is 11.3 Å². The predicted molar refractivity (Wildman–Crippen MR) is 102 cm³/mol. The van der Waals surface area contributed by atoms with Gasteiger partial charge in [0.15, 0.2) is 11.5 Å². The van der Waals surface area contributed by atoms with Crippen LogP contribution in [0.25, 0.3) is 10.4 Å². The molecule has 1 amide bonds. The Morgan fingerprint density at radius 3 is 2.73 bits per heavy atom. The van der Waals surface area contributed by atoms with E-state index < -0.39 is 0 Å². The monoisotopic (exact) mass is 367 g/mol. The number of carbonyl (C=O) groups is 1. The van der Waals surface area contributed by atoms with Crippen LogP contribution in [0.2, 0.25) is 0 Å². The van der Waals surface area contributed by atoms with Gasteiger partial charge < -0.3 is 19.5 Å². The molecule has 0 bridgehead atoms. The number of hydrogen-bond acceptors (Lipinski definition) is 5. The van der Waals surface area contributed by atoms with Gasteiger partial charge in [0.25, 0.3) is 5.91 Å². The Bertz CT molecular complexity index is 950. The summed E-state index contributed by atoms with van der Waals surface area (Å²) in [5, 5.41) is 2.89. The average molecular weight is 367 g/mol. The highest BCUT2D eigenvalue weighted by atomic mass is 32.1. The zero-order chi connectivity index (χ0) is 17.9. The summed E-state index contributed by atoms with van der Waals surface area (Å²) in [4.78, 5) is 14.1. The second-order valence-electron chi connectivity index (χ2n) is 5.71. The number of hydrogen-bond donors (Lipinski definition) is 1. The first kappa shape index (κ1) is 16.5. The maximum Gasteiger partial charge on any atom is 0.265 e. The highest BCUT2D eigenvalue weighted by molar-refractivity contribution is 7.17. The van der Waals surface area contributed by atoms with E-state index in [1.807, 2.05) is 48.5 Å². The van der Waals surface area contributed by atoms with Crippen molar-refractivity contribution in [3.63, 3.8) is 0 Å².